The predicted octanol–water partition coefficient (Wildman–Crippen LogP) is 5.38. The van der Waals surface area contributed by atoms with Gasteiger partial charge in [0.1, 0.15) is 29.9 Å². The Morgan fingerprint density at radius 2 is 1.62 bits per heavy atom. The van der Waals surface area contributed by atoms with Crippen molar-refractivity contribution in [3.05, 3.63) is 71.8 Å². The summed E-state index contributed by atoms with van der Waals surface area (Å²) in [5.74, 6) is 0.938. The summed E-state index contributed by atoms with van der Waals surface area (Å²) in [6, 6.07) is 20.3. The summed E-state index contributed by atoms with van der Waals surface area (Å²) < 4.78 is 32.3. The molecule has 0 aliphatic carbocycles. The van der Waals surface area contributed by atoms with E-state index in [1.54, 1.807) is 11.8 Å². The van der Waals surface area contributed by atoms with Crippen LogP contribution in [-0.4, -0.2) is 50.5 Å². The zero-order valence-electron chi connectivity index (χ0n) is 19.3. The highest BCUT2D eigenvalue weighted by Crippen LogP contribution is 2.40. The molecule has 5 nitrogen and oxygen atoms in total. The van der Waals surface area contributed by atoms with Crippen LogP contribution in [0, 0.1) is 0 Å². The highest BCUT2D eigenvalue weighted by Gasteiger charge is 2.52. The average Bonchev–Trinajstić information content (AvgIpc) is 2.79. The smallest absolute Gasteiger partial charge is 0.184 e. The van der Waals surface area contributed by atoms with Crippen LogP contribution in [0.1, 0.15) is 24.3 Å². The van der Waals surface area contributed by atoms with Crippen molar-refractivity contribution in [2.24, 2.45) is 0 Å². The van der Waals surface area contributed by atoms with Crippen molar-refractivity contribution in [3.8, 4) is 0 Å². The molecular weight excluding hydrogens is 440 g/mol. The fourth-order valence-corrected chi connectivity index (χ4v) is 6.24. The first kappa shape index (κ1) is 23.9. The van der Waals surface area contributed by atoms with E-state index in [-0.39, 0.29) is 29.9 Å². The van der Waals surface area contributed by atoms with E-state index in [9.17, 15) is 0 Å². The van der Waals surface area contributed by atoms with Crippen LogP contribution in [0.15, 0.2) is 60.7 Å². The molecule has 0 radical (unpaired) electrons. The van der Waals surface area contributed by atoms with Crippen molar-refractivity contribution in [2.75, 3.05) is 12.4 Å². The molecule has 0 amide bonds. The van der Waals surface area contributed by atoms with Crippen molar-refractivity contribution >= 4 is 20.1 Å². The molecular formula is C25H34O5SSi. The molecule has 32 heavy (non-hydrogen) atoms. The third kappa shape index (κ3) is 6.02. The lowest BCUT2D eigenvalue weighted by atomic mass is 9.98. The third-order valence-corrected chi connectivity index (χ3v) is 7.48. The highest BCUT2D eigenvalue weighted by atomic mass is 32.2. The van der Waals surface area contributed by atoms with Crippen LogP contribution in [0.2, 0.25) is 19.6 Å². The largest absolute Gasteiger partial charge is 0.408 e. The van der Waals surface area contributed by atoms with Gasteiger partial charge in [-0.1, -0.05) is 67.6 Å². The molecule has 2 saturated heterocycles. The zero-order valence-corrected chi connectivity index (χ0v) is 21.1. The second-order valence-electron chi connectivity index (χ2n) is 9.13. The SMILES string of the molecule is CCS[C@H]1O[C@@H]2CO[C@@H](c3ccccc3)O[C@H]2[C@H](OCc2ccccc2)[C@@H]1O[Si](C)(C)C. The molecule has 6 atom stereocenters. The van der Waals surface area contributed by atoms with E-state index < -0.39 is 14.6 Å². The molecule has 2 fully saturated rings. The van der Waals surface area contributed by atoms with Crippen LogP contribution in [-0.2, 0) is 30.0 Å². The number of rotatable bonds is 8. The summed E-state index contributed by atoms with van der Waals surface area (Å²) in [6.45, 7) is 9.74. The Hall–Kier alpha value is -1.19. The Morgan fingerprint density at radius 1 is 0.938 bits per heavy atom. The van der Waals surface area contributed by atoms with Gasteiger partial charge in [0, 0.05) is 5.56 Å². The van der Waals surface area contributed by atoms with Crippen molar-refractivity contribution in [3.63, 3.8) is 0 Å². The molecule has 0 saturated carbocycles. The summed E-state index contributed by atoms with van der Waals surface area (Å²) in [5.41, 5.74) is 2.02. The van der Waals surface area contributed by atoms with Crippen molar-refractivity contribution in [1.82, 2.24) is 0 Å². The minimum Gasteiger partial charge on any atom is -0.408 e. The summed E-state index contributed by atoms with van der Waals surface area (Å²) in [5, 5.41) is 0. The Bertz CT molecular complexity index is 831. The standard InChI is InChI=1S/C25H34O5SSi/c1-5-31-25-23(30-32(2,3)4)22(26-16-18-12-8-6-9-13-18)21-20(28-25)17-27-24(29-21)19-14-10-7-11-15-19/h6-15,20-25H,5,16-17H2,1-4H3/t20-,21-,22+,23+,24-,25-/m1/s1. The Balaban J connectivity index is 1.60. The van der Waals surface area contributed by atoms with E-state index >= 15 is 0 Å². The lowest BCUT2D eigenvalue weighted by Crippen LogP contribution is -2.63. The summed E-state index contributed by atoms with van der Waals surface area (Å²) in [6.07, 6.45) is -1.35. The molecule has 0 bridgehead atoms. The molecule has 2 aromatic carbocycles. The van der Waals surface area contributed by atoms with Crippen molar-refractivity contribution in [2.45, 2.75) is 69.3 Å². The average molecular weight is 475 g/mol. The predicted molar refractivity (Wildman–Crippen MR) is 130 cm³/mol. The number of fused-ring (bicyclic) bond motifs is 1. The van der Waals surface area contributed by atoms with Gasteiger partial charge in [0.25, 0.3) is 0 Å². The minimum atomic E-state index is -1.86. The van der Waals surface area contributed by atoms with Gasteiger partial charge < -0.3 is 23.4 Å². The maximum Gasteiger partial charge on any atom is 0.184 e. The molecule has 7 heteroatoms. The quantitative estimate of drug-likeness (QED) is 0.479. The lowest BCUT2D eigenvalue weighted by molar-refractivity contribution is -0.323. The van der Waals surface area contributed by atoms with E-state index in [0.29, 0.717) is 13.2 Å². The van der Waals surface area contributed by atoms with Crippen molar-refractivity contribution in [1.29, 1.82) is 0 Å². The van der Waals surface area contributed by atoms with Gasteiger partial charge in [0.05, 0.1) is 13.2 Å². The van der Waals surface area contributed by atoms with Crippen LogP contribution in [0.4, 0.5) is 0 Å². The van der Waals surface area contributed by atoms with Crippen LogP contribution in [0.3, 0.4) is 0 Å². The summed E-state index contributed by atoms with van der Waals surface area (Å²) in [7, 11) is -1.86. The lowest BCUT2D eigenvalue weighted by Gasteiger charge is -2.50. The molecule has 0 aromatic heterocycles. The molecule has 2 aliphatic heterocycles. The zero-order chi connectivity index (χ0) is 22.6. The van der Waals surface area contributed by atoms with Crippen LogP contribution in [0.25, 0.3) is 0 Å². The number of ether oxygens (including phenoxy) is 4. The second kappa shape index (κ2) is 10.8. The maximum atomic E-state index is 6.68. The topological polar surface area (TPSA) is 46.2 Å². The molecule has 2 aliphatic rings. The third-order valence-electron chi connectivity index (χ3n) is 5.46. The number of benzene rings is 2. The molecule has 0 spiro atoms. The second-order valence-corrected chi connectivity index (χ2v) is 15.0. The molecule has 0 N–H and O–H groups in total. The number of hydrogen-bond acceptors (Lipinski definition) is 6. The van der Waals surface area contributed by atoms with Gasteiger partial charge in [-0.05, 0) is 31.0 Å². The van der Waals surface area contributed by atoms with Gasteiger partial charge in [-0.15, -0.1) is 11.8 Å². The highest BCUT2D eigenvalue weighted by molar-refractivity contribution is 7.99. The van der Waals surface area contributed by atoms with E-state index in [1.807, 2.05) is 48.5 Å². The Kier molecular flexibility index (Phi) is 8.10. The summed E-state index contributed by atoms with van der Waals surface area (Å²) >= 11 is 1.76. The van der Waals surface area contributed by atoms with Crippen LogP contribution < -0.4 is 0 Å². The number of hydrogen-bond donors (Lipinski definition) is 0. The minimum absolute atomic E-state index is 0.116. The van der Waals surface area contributed by atoms with Crippen molar-refractivity contribution < 1.29 is 23.4 Å². The van der Waals surface area contributed by atoms with Gasteiger partial charge in [-0.25, -0.2) is 0 Å². The van der Waals surface area contributed by atoms with Crippen LogP contribution >= 0.6 is 11.8 Å². The van der Waals surface area contributed by atoms with Gasteiger partial charge >= 0.3 is 0 Å². The Morgan fingerprint density at radius 3 is 2.28 bits per heavy atom. The maximum absolute atomic E-state index is 6.68. The van der Waals surface area contributed by atoms with Gasteiger partial charge in [0.2, 0.25) is 0 Å². The fourth-order valence-electron chi connectivity index (χ4n) is 4.11. The van der Waals surface area contributed by atoms with E-state index in [4.69, 9.17) is 23.4 Å². The van der Waals surface area contributed by atoms with Gasteiger partial charge in [-0.2, -0.15) is 0 Å². The Labute approximate surface area is 196 Å². The van der Waals surface area contributed by atoms with E-state index in [0.717, 1.165) is 16.9 Å². The first-order chi connectivity index (χ1) is 15.4. The molecule has 2 heterocycles. The monoisotopic (exact) mass is 474 g/mol. The fraction of sp³-hybridized carbons (Fsp3) is 0.520. The van der Waals surface area contributed by atoms with Crippen LogP contribution in [0.5, 0.6) is 0 Å². The first-order valence-electron chi connectivity index (χ1n) is 11.4. The molecule has 174 valence electrons. The summed E-state index contributed by atoms with van der Waals surface area (Å²) in [4.78, 5) is 0. The molecule has 0 unspecified atom stereocenters. The number of thioether (sulfide) groups is 1. The first-order valence-corrected chi connectivity index (χ1v) is 15.8. The van der Waals surface area contributed by atoms with Gasteiger partial charge in [0.15, 0.2) is 14.6 Å². The normalized spacial score (nSPS) is 30.6. The van der Waals surface area contributed by atoms with Gasteiger partial charge in [-0.3, -0.25) is 0 Å². The molecule has 4 rings (SSSR count). The molecule has 2 aromatic rings. The van der Waals surface area contributed by atoms with E-state index in [2.05, 4.69) is 38.7 Å². The van der Waals surface area contributed by atoms with E-state index in [1.165, 1.54) is 0 Å².